The van der Waals surface area contributed by atoms with Gasteiger partial charge >= 0.3 is 0 Å². The first-order chi connectivity index (χ1) is 9.04. The zero-order valence-electron chi connectivity index (χ0n) is 11.3. The van der Waals surface area contributed by atoms with Gasteiger partial charge in [0.15, 0.2) is 0 Å². The SMILES string of the molecule is C[C@@H](NC(=O)CC1(CN)CCC1)c1ccc(F)cc1. The van der Waals surface area contributed by atoms with Crippen molar-refractivity contribution in [3.63, 3.8) is 0 Å². The zero-order valence-corrected chi connectivity index (χ0v) is 11.3. The van der Waals surface area contributed by atoms with E-state index in [1.54, 1.807) is 12.1 Å². The van der Waals surface area contributed by atoms with Crippen LogP contribution in [0.2, 0.25) is 0 Å². The number of amides is 1. The van der Waals surface area contributed by atoms with Crippen molar-refractivity contribution in [2.75, 3.05) is 6.54 Å². The van der Waals surface area contributed by atoms with E-state index in [1.807, 2.05) is 6.92 Å². The number of nitrogens with two attached hydrogens (primary N) is 1. The molecule has 1 aliphatic carbocycles. The van der Waals surface area contributed by atoms with E-state index in [1.165, 1.54) is 12.1 Å². The Kier molecular flexibility index (Phi) is 4.20. The minimum atomic E-state index is -0.265. The molecule has 0 aromatic heterocycles. The highest BCUT2D eigenvalue weighted by molar-refractivity contribution is 5.77. The topological polar surface area (TPSA) is 55.1 Å². The molecule has 4 heteroatoms. The van der Waals surface area contributed by atoms with Crippen LogP contribution < -0.4 is 11.1 Å². The van der Waals surface area contributed by atoms with Crippen molar-refractivity contribution in [3.05, 3.63) is 35.6 Å². The summed E-state index contributed by atoms with van der Waals surface area (Å²) in [6.45, 7) is 2.48. The molecule has 1 aromatic rings. The molecule has 3 nitrogen and oxygen atoms in total. The molecule has 1 fully saturated rings. The first kappa shape index (κ1) is 14.0. The average Bonchev–Trinajstić information content (AvgIpc) is 2.34. The molecule has 2 rings (SSSR count). The molecule has 0 unspecified atom stereocenters. The fourth-order valence-corrected chi connectivity index (χ4v) is 2.60. The molecule has 3 N–H and O–H groups in total. The lowest BCUT2D eigenvalue weighted by Gasteiger charge is -2.40. The second kappa shape index (κ2) is 5.70. The number of hydrogen-bond donors (Lipinski definition) is 2. The predicted octanol–water partition coefficient (Wildman–Crippen LogP) is 2.52. The van der Waals surface area contributed by atoms with Gasteiger partial charge in [-0.2, -0.15) is 0 Å². The maximum atomic E-state index is 12.8. The average molecular weight is 264 g/mol. The molecule has 0 saturated heterocycles. The molecule has 104 valence electrons. The van der Waals surface area contributed by atoms with Gasteiger partial charge in [0.25, 0.3) is 0 Å². The smallest absolute Gasteiger partial charge is 0.221 e. The van der Waals surface area contributed by atoms with Crippen LogP contribution in [0.25, 0.3) is 0 Å². The predicted molar refractivity (Wildman–Crippen MR) is 72.9 cm³/mol. The third-order valence-electron chi connectivity index (χ3n) is 4.13. The molecule has 0 heterocycles. The van der Waals surface area contributed by atoms with Gasteiger partial charge in [-0.25, -0.2) is 4.39 Å². The Hall–Kier alpha value is -1.42. The maximum Gasteiger partial charge on any atom is 0.221 e. The standard InChI is InChI=1S/C15H21FN2O/c1-11(12-3-5-13(16)6-4-12)18-14(19)9-15(10-17)7-2-8-15/h3-6,11H,2,7-10,17H2,1H3,(H,18,19)/t11-/m1/s1. The summed E-state index contributed by atoms with van der Waals surface area (Å²) in [6, 6.07) is 6.10. The molecule has 0 aliphatic heterocycles. The van der Waals surface area contributed by atoms with Gasteiger partial charge in [-0.3, -0.25) is 4.79 Å². The Morgan fingerprint density at radius 1 is 1.42 bits per heavy atom. The summed E-state index contributed by atoms with van der Waals surface area (Å²) in [5.74, 6) is -0.235. The summed E-state index contributed by atoms with van der Waals surface area (Å²) < 4.78 is 12.8. The highest BCUT2D eigenvalue weighted by Gasteiger charge is 2.37. The number of halogens is 1. The minimum absolute atomic E-state index is 0.0204. The molecule has 19 heavy (non-hydrogen) atoms. The summed E-state index contributed by atoms with van der Waals surface area (Å²) >= 11 is 0. The van der Waals surface area contributed by atoms with Gasteiger partial charge in [-0.15, -0.1) is 0 Å². The van der Waals surface area contributed by atoms with Crippen molar-refractivity contribution in [3.8, 4) is 0 Å². The van der Waals surface area contributed by atoms with Crippen molar-refractivity contribution in [2.45, 2.75) is 38.6 Å². The first-order valence-electron chi connectivity index (χ1n) is 6.80. The van der Waals surface area contributed by atoms with Gasteiger partial charge in [-0.05, 0) is 49.4 Å². The molecule has 0 spiro atoms. The lowest BCUT2D eigenvalue weighted by atomic mass is 9.66. The van der Waals surface area contributed by atoms with Crippen LogP contribution >= 0.6 is 0 Å². The molecule has 1 atom stereocenters. The molecule has 1 aromatic carbocycles. The van der Waals surface area contributed by atoms with Gasteiger partial charge in [0.1, 0.15) is 5.82 Å². The number of carbonyl (C=O) groups is 1. The number of carbonyl (C=O) groups excluding carboxylic acids is 1. The third kappa shape index (κ3) is 3.32. The van der Waals surface area contributed by atoms with Crippen LogP contribution in [0.4, 0.5) is 4.39 Å². The Morgan fingerprint density at radius 3 is 2.53 bits per heavy atom. The van der Waals surface area contributed by atoms with Gasteiger partial charge in [0.2, 0.25) is 5.91 Å². The minimum Gasteiger partial charge on any atom is -0.350 e. The van der Waals surface area contributed by atoms with E-state index in [2.05, 4.69) is 5.32 Å². The second-order valence-corrected chi connectivity index (χ2v) is 5.58. The van der Waals surface area contributed by atoms with E-state index in [9.17, 15) is 9.18 Å². The number of benzene rings is 1. The van der Waals surface area contributed by atoms with E-state index in [-0.39, 0.29) is 23.2 Å². The van der Waals surface area contributed by atoms with Crippen LogP contribution in [0, 0.1) is 11.2 Å². The lowest BCUT2D eigenvalue weighted by molar-refractivity contribution is -0.125. The fraction of sp³-hybridized carbons (Fsp3) is 0.533. The maximum absolute atomic E-state index is 12.8. The van der Waals surface area contributed by atoms with E-state index in [0.717, 1.165) is 24.8 Å². The summed E-state index contributed by atoms with van der Waals surface area (Å²) in [4.78, 5) is 12.0. The Labute approximate surface area is 113 Å². The molecular weight excluding hydrogens is 243 g/mol. The molecule has 0 radical (unpaired) electrons. The largest absolute Gasteiger partial charge is 0.350 e. The molecule has 0 bridgehead atoms. The van der Waals surface area contributed by atoms with Gasteiger partial charge in [-0.1, -0.05) is 18.6 Å². The molecule has 1 saturated carbocycles. The Morgan fingerprint density at radius 2 is 2.05 bits per heavy atom. The summed E-state index contributed by atoms with van der Waals surface area (Å²) in [5, 5.41) is 2.96. The summed E-state index contributed by atoms with van der Waals surface area (Å²) in [5.41, 5.74) is 6.68. The third-order valence-corrected chi connectivity index (χ3v) is 4.13. The van der Waals surface area contributed by atoms with Gasteiger partial charge in [0, 0.05) is 6.42 Å². The number of nitrogens with one attached hydrogen (secondary N) is 1. The first-order valence-corrected chi connectivity index (χ1v) is 6.80. The summed E-state index contributed by atoms with van der Waals surface area (Å²) in [6.07, 6.45) is 3.75. The normalized spacial score (nSPS) is 18.5. The van der Waals surface area contributed by atoms with Crippen LogP contribution in [-0.4, -0.2) is 12.5 Å². The lowest BCUT2D eigenvalue weighted by Crippen LogP contribution is -2.42. The monoisotopic (exact) mass is 264 g/mol. The van der Waals surface area contributed by atoms with Crippen molar-refractivity contribution in [2.24, 2.45) is 11.1 Å². The molecule has 1 amide bonds. The molecule has 1 aliphatic rings. The van der Waals surface area contributed by atoms with Crippen molar-refractivity contribution in [1.29, 1.82) is 0 Å². The fourth-order valence-electron chi connectivity index (χ4n) is 2.60. The Bertz CT molecular complexity index is 434. The quantitative estimate of drug-likeness (QED) is 0.858. The van der Waals surface area contributed by atoms with Crippen LogP contribution in [0.15, 0.2) is 24.3 Å². The van der Waals surface area contributed by atoms with E-state index in [0.29, 0.717) is 13.0 Å². The van der Waals surface area contributed by atoms with Crippen molar-refractivity contribution < 1.29 is 9.18 Å². The molecular formula is C15H21FN2O. The van der Waals surface area contributed by atoms with Crippen LogP contribution in [-0.2, 0) is 4.79 Å². The van der Waals surface area contributed by atoms with Crippen LogP contribution in [0.3, 0.4) is 0 Å². The summed E-state index contributed by atoms with van der Waals surface area (Å²) in [7, 11) is 0. The van der Waals surface area contributed by atoms with Gasteiger partial charge in [0.05, 0.1) is 6.04 Å². The van der Waals surface area contributed by atoms with E-state index >= 15 is 0 Å². The second-order valence-electron chi connectivity index (χ2n) is 5.58. The van der Waals surface area contributed by atoms with Gasteiger partial charge < -0.3 is 11.1 Å². The van der Waals surface area contributed by atoms with Crippen LogP contribution in [0.1, 0.15) is 44.2 Å². The highest BCUT2D eigenvalue weighted by Crippen LogP contribution is 2.42. The van der Waals surface area contributed by atoms with Crippen molar-refractivity contribution >= 4 is 5.91 Å². The number of rotatable bonds is 5. The van der Waals surface area contributed by atoms with Crippen molar-refractivity contribution in [1.82, 2.24) is 5.32 Å². The van der Waals surface area contributed by atoms with E-state index in [4.69, 9.17) is 5.73 Å². The zero-order chi connectivity index (χ0) is 13.9. The van der Waals surface area contributed by atoms with E-state index < -0.39 is 0 Å². The number of hydrogen-bond acceptors (Lipinski definition) is 2. The van der Waals surface area contributed by atoms with Crippen LogP contribution in [0.5, 0.6) is 0 Å². The Balaban J connectivity index is 1.89. The highest BCUT2D eigenvalue weighted by atomic mass is 19.1.